The van der Waals surface area contributed by atoms with Crippen molar-refractivity contribution < 1.29 is 9.53 Å². The second kappa shape index (κ2) is 5.73. The number of hydrogen-bond donors (Lipinski definition) is 0. The summed E-state index contributed by atoms with van der Waals surface area (Å²) in [6, 6.07) is 7.60. The van der Waals surface area contributed by atoms with Crippen molar-refractivity contribution in [3.05, 3.63) is 30.1 Å². The summed E-state index contributed by atoms with van der Waals surface area (Å²) in [5, 5.41) is 0. The van der Waals surface area contributed by atoms with E-state index in [4.69, 9.17) is 4.74 Å². The van der Waals surface area contributed by atoms with Crippen molar-refractivity contribution in [2.75, 3.05) is 0 Å². The molecule has 0 N–H and O–H groups in total. The lowest BCUT2D eigenvalue weighted by Gasteiger charge is -2.46. The lowest BCUT2D eigenvalue weighted by Crippen LogP contribution is -2.61. The third kappa shape index (κ3) is 2.69. The van der Waals surface area contributed by atoms with Gasteiger partial charge < -0.3 is 4.74 Å². The highest BCUT2D eigenvalue weighted by Gasteiger charge is 2.57. The Labute approximate surface area is 144 Å². The molecule has 0 radical (unpaired) electrons. The van der Waals surface area contributed by atoms with Crippen LogP contribution in [0.5, 0.6) is 0 Å². The molecule has 1 amide bonds. The lowest BCUT2D eigenvalue weighted by atomic mass is 10.0. The van der Waals surface area contributed by atoms with Crippen LogP contribution in [0.4, 0.5) is 4.79 Å². The summed E-state index contributed by atoms with van der Waals surface area (Å²) in [7, 11) is 0. The van der Waals surface area contributed by atoms with Crippen LogP contribution in [0.1, 0.15) is 52.1 Å². The first-order chi connectivity index (χ1) is 11.4. The molecule has 0 aliphatic carbocycles. The summed E-state index contributed by atoms with van der Waals surface area (Å²) in [4.78, 5) is 21.9. The molecule has 0 aromatic carbocycles. The third-order valence-electron chi connectivity index (χ3n) is 5.65. The number of amides is 1. The Balaban J connectivity index is 1.54. The van der Waals surface area contributed by atoms with Crippen molar-refractivity contribution in [1.82, 2.24) is 14.8 Å². The zero-order valence-corrected chi connectivity index (χ0v) is 14.8. The topological polar surface area (TPSA) is 45.7 Å². The van der Waals surface area contributed by atoms with Gasteiger partial charge in [0.15, 0.2) is 0 Å². The summed E-state index contributed by atoms with van der Waals surface area (Å²) < 4.78 is 5.69. The highest BCUT2D eigenvalue weighted by molar-refractivity contribution is 5.70. The summed E-state index contributed by atoms with van der Waals surface area (Å²) in [6.07, 6.45) is 6.30. The number of piperazine rings is 1. The van der Waals surface area contributed by atoms with Crippen molar-refractivity contribution in [2.24, 2.45) is 0 Å². The van der Waals surface area contributed by atoms with E-state index in [1.165, 1.54) is 12.8 Å². The van der Waals surface area contributed by atoms with Crippen LogP contribution in [0.2, 0.25) is 0 Å². The van der Waals surface area contributed by atoms with Gasteiger partial charge in [-0.05, 0) is 58.6 Å². The molecule has 0 saturated carbocycles. The van der Waals surface area contributed by atoms with E-state index in [0.29, 0.717) is 24.2 Å². The van der Waals surface area contributed by atoms with Gasteiger partial charge in [0.05, 0.1) is 17.8 Å². The highest BCUT2D eigenvalue weighted by atomic mass is 16.6. The molecule has 5 nitrogen and oxygen atoms in total. The van der Waals surface area contributed by atoms with Crippen molar-refractivity contribution in [3.63, 3.8) is 0 Å². The van der Waals surface area contributed by atoms with Crippen LogP contribution in [0.3, 0.4) is 0 Å². The Bertz CT molecular complexity index is 593. The van der Waals surface area contributed by atoms with E-state index in [1.807, 2.05) is 33.0 Å². The molecule has 4 atom stereocenters. The van der Waals surface area contributed by atoms with Gasteiger partial charge in [-0.2, -0.15) is 0 Å². The molecule has 3 saturated heterocycles. The van der Waals surface area contributed by atoms with Crippen molar-refractivity contribution >= 4 is 6.09 Å². The number of nitrogens with zero attached hydrogens (tertiary/aromatic N) is 3. The van der Waals surface area contributed by atoms with E-state index in [1.54, 1.807) is 0 Å². The molecular weight excluding hydrogens is 302 g/mol. The standard InChI is InChI=1S/C19H27N3O2/c1-19(2,3)24-18(23)22-16-9-10-17(22)15-8-7-14(16)21(15)12-13-6-4-5-11-20-13/h4-6,11,14-17H,7-10,12H2,1-3H3/t14-,15+,16-,17+. The SMILES string of the molecule is CC(C)(C)OC(=O)N1[C@@H]2CC[C@H]1[C@@H]1CC[C@H]2N1Cc1ccccn1. The average Bonchev–Trinajstić information content (AvgIpc) is 3.00. The monoisotopic (exact) mass is 329 g/mol. The van der Waals surface area contributed by atoms with Crippen LogP contribution in [0, 0.1) is 0 Å². The minimum Gasteiger partial charge on any atom is -0.444 e. The molecular formula is C19H27N3O2. The highest BCUT2D eigenvalue weighted by Crippen LogP contribution is 2.46. The second-order valence-electron chi connectivity index (χ2n) is 8.31. The van der Waals surface area contributed by atoms with Gasteiger partial charge in [0, 0.05) is 24.8 Å². The van der Waals surface area contributed by atoms with E-state index < -0.39 is 5.60 Å². The molecule has 0 unspecified atom stereocenters. The van der Waals surface area contributed by atoms with Gasteiger partial charge in [0.1, 0.15) is 5.60 Å². The van der Waals surface area contributed by atoms with Crippen LogP contribution in [-0.4, -0.2) is 50.6 Å². The van der Waals surface area contributed by atoms with Gasteiger partial charge in [-0.1, -0.05) is 6.07 Å². The van der Waals surface area contributed by atoms with E-state index in [-0.39, 0.29) is 6.09 Å². The van der Waals surface area contributed by atoms with Crippen molar-refractivity contribution in [2.45, 2.75) is 82.8 Å². The fourth-order valence-electron chi connectivity index (χ4n) is 4.87. The Kier molecular flexibility index (Phi) is 3.79. The fourth-order valence-corrected chi connectivity index (χ4v) is 4.87. The average molecular weight is 329 g/mol. The number of aromatic nitrogens is 1. The van der Waals surface area contributed by atoms with Crippen LogP contribution in [0.25, 0.3) is 0 Å². The number of rotatable bonds is 2. The number of carbonyl (C=O) groups excluding carboxylic acids is 1. The number of pyridine rings is 1. The van der Waals surface area contributed by atoms with Crippen LogP contribution in [-0.2, 0) is 11.3 Å². The van der Waals surface area contributed by atoms with Gasteiger partial charge in [-0.3, -0.25) is 14.8 Å². The fraction of sp³-hybridized carbons (Fsp3) is 0.684. The summed E-state index contributed by atoms with van der Waals surface area (Å²) in [6.45, 7) is 6.72. The molecule has 3 aliphatic heterocycles. The molecule has 4 rings (SSSR count). The zero-order chi connectivity index (χ0) is 16.9. The third-order valence-corrected chi connectivity index (χ3v) is 5.65. The predicted octanol–water partition coefficient (Wildman–Crippen LogP) is 3.20. The molecule has 4 bridgehead atoms. The van der Waals surface area contributed by atoms with E-state index in [2.05, 4.69) is 26.9 Å². The summed E-state index contributed by atoms with van der Waals surface area (Å²) in [5.74, 6) is 0. The maximum Gasteiger partial charge on any atom is 0.410 e. The second-order valence-corrected chi connectivity index (χ2v) is 8.31. The van der Waals surface area contributed by atoms with Crippen LogP contribution >= 0.6 is 0 Å². The molecule has 130 valence electrons. The zero-order valence-electron chi connectivity index (χ0n) is 14.8. The maximum absolute atomic E-state index is 12.7. The van der Waals surface area contributed by atoms with E-state index in [9.17, 15) is 4.79 Å². The lowest BCUT2D eigenvalue weighted by molar-refractivity contribution is -0.0284. The first kappa shape index (κ1) is 15.9. The number of ether oxygens (including phenoxy) is 1. The Morgan fingerprint density at radius 2 is 1.75 bits per heavy atom. The van der Waals surface area contributed by atoms with Gasteiger partial charge in [-0.15, -0.1) is 0 Å². The molecule has 1 aromatic heterocycles. The van der Waals surface area contributed by atoms with E-state index in [0.717, 1.165) is 25.1 Å². The first-order valence-electron chi connectivity index (χ1n) is 9.11. The predicted molar refractivity (Wildman–Crippen MR) is 91.5 cm³/mol. The molecule has 0 spiro atoms. The Morgan fingerprint density at radius 1 is 1.12 bits per heavy atom. The van der Waals surface area contributed by atoms with Crippen molar-refractivity contribution in [1.29, 1.82) is 0 Å². The summed E-state index contributed by atoms with van der Waals surface area (Å²) >= 11 is 0. The summed E-state index contributed by atoms with van der Waals surface area (Å²) in [5.41, 5.74) is 0.695. The molecule has 3 fully saturated rings. The molecule has 24 heavy (non-hydrogen) atoms. The van der Waals surface area contributed by atoms with Gasteiger partial charge in [-0.25, -0.2) is 4.79 Å². The molecule has 4 heterocycles. The Hall–Kier alpha value is -1.62. The largest absolute Gasteiger partial charge is 0.444 e. The molecule has 5 heteroatoms. The van der Waals surface area contributed by atoms with Crippen molar-refractivity contribution in [3.8, 4) is 0 Å². The molecule has 1 aromatic rings. The van der Waals surface area contributed by atoms with Gasteiger partial charge >= 0.3 is 6.09 Å². The molecule has 3 aliphatic rings. The Morgan fingerprint density at radius 3 is 2.29 bits per heavy atom. The maximum atomic E-state index is 12.7. The number of fused-ring (bicyclic) bond motifs is 6. The minimum absolute atomic E-state index is 0.121. The normalized spacial score (nSPS) is 32.2. The van der Waals surface area contributed by atoms with Gasteiger partial charge in [0.2, 0.25) is 0 Å². The van der Waals surface area contributed by atoms with Gasteiger partial charge in [0.25, 0.3) is 0 Å². The first-order valence-corrected chi connectivity index (χ1v) is 9.11. The number of carbonyl (C=O) groups is 1. The van der Waals surface area contributed by atoms with E-state index >= 15 is 0 Å². The van der Waals surface area contributed by atoms with Crippen LogP contribution < -0.4 is 0 Å². The quantitative estimate of drug-likeness (QED) is 0.836. The van der Waals surface area contributed by atoms with Crippen LogP contribution in [0.15, 0.2) is 24.4 Å². The number of hydrogen-bond acceptors (Lipinski definition) is 4. The smallest absolute Gasteiger partial charge is 0.410 e. The minimum atomic E-state index is -0.430.